The second-order valence-corrected chi connectivity index (χ2v) is 5.10. The van der Waals surface area contributed by atoms with Gasteiger partial charge in [0.1, 0.15) is 0 Å². The highest BCUT2D eigenvalue weighted by Gasteiger charge is 2.34. The second kappa shape index (κ2) is 5.77. The maximum atomic E-state index is 14.4. The van der Waals surface area contributed by atoms with Gasteiger partial charge in [-0.2, -0.15) is 8.78 Å². The van der Waals surface area contributed by atoms with Crippen LogP contribution in [0.4, 0.5) is 14.5 Å². The quantitative estimate of drug-likeness (QED) is 0.941. The minimum atomic E-state index is -3.02. The molecule has 1 aliphatic heterocycles. The van der Waals surface area contributed by atoms with Crippen LogP contribution in [-0.2, 0) is 5.92 Å². The van der Waals surface area contributed by atoms with Crippen molar-refractivity contribution in [2.75, 3.05) is 31.1 Å². The fourth-order valence-corrected chi connectivity index (χ4v) is 2.52. The van der Waals surface area contributed by atoms with Gasteiger partial charge in [0, 0.05) is 55.4 Å². The maximum Gasteiger partial charge on any atom is 0.299 e. The first-order valence-corrected chi connectivity index (χ1v) is 7.02. The average molecular weight is 289 g/mol. The molecule has 0 amide bonds. The lowest BCUT2D eigenvalue weighted by atomic mass is 10.0. The largest absolute Gasteiger partial charge is 0.369 e. The first-order chi connectivity index (χ1) is 10.2. The molecule has 1 N–H and O–H groups in total. The number of alkyl halides is 2. The van der Waals surface area contributed by atoms with Crippen LogP contribution < -0.4 is 10.2 Å². The monoisotopic (exact) mass is 289 g/mol. The fourth-order valence-electron chi connectivity index (χ4n) is 2.52. The number of nitrogens with zero attached hydrogens (tertiary/aromatic N) is 2. The van der Waals surface area contributed by atoms with E-state index in [4.69, 9.17) is 0 Å². The van der Waals surface area contributed by atoms with Gasteiger partial charge in [0.15, 0.2) is 0 Å². The number of nitrogens with one attached hydrogen (secondary N) is 1. The van der Waals surface area contributed by atoms with Crippen molar-refractivity contribution in [3.63, 3.8) is 0 Å². The Bertz CT molecular complexity index is 578. The van der Waals surface area contributed by atoms with Gasteiger partial charge >= 0.3 is 0 Å². The van der Waals surface area contributed by atoms with Crippen LogP contribution in [0.2, 0.25) is 0 Å². The Hall–Kier alpha value is -2.01. The van der Waals surface area contributed by atoms with Crippen LogP contribution in [0.5, 0.6) is 0 Å². The van der Waals surface area contributed by atoms with E-state index in [9.17, 15) is 8.78 Å². The third kappa shape index (κ3) is 2.88. The smallest absolute Gasteiger partial charge is 0.299 e. The zero-order valence-corrected chi connectivity index (χ0v) is 11.6. The molecule has 110 valence electrons. The molecule has 21 heavy (non-hydrogen) atoms. The molecule has 0 radical (unpaired) electrons. The van der Waals surface area contributed by atoms with E-state index in [1.54, 1.807) is 12.1 Å². The summed E-state index contributed by atoms with van der Waals surface area (Å²) in [5.74, 6) is -3.02. The molecule has 1 aromatic heterocycles. The van der Waals surface area contributed by atoms with E-state index < -0.39 is 5.92 Å². The summed E-state index contributed by atoms with van der Waals surface area (Å²) >= 11 is 0. The average Bonchev–Trinajstić information content (AvgIpc) is 2.57. The summed E-state index contributed by atoms with van der Waals surface area (Å²) < 4.78 is 28.8. The highest BCUT2D eigenvalue weighted by atomic mass is 19.3. The fraction of sp³-hybridized carbons (Fsp3) is 0.312. The summed E-state index contributed by atoms with van der Waals surface area (Å²) in [4.78, 5) is 5.97. The first-order valence-electron chi connectivity index (χ1n) is 7.02. The third-order valence-electron chi connectivity index (χ3n) is 3.74. The molecule has 0 atom stereocenters. The minimum absolute atomic E-state index is 0.00520. The lowest BCUT2D eigenvalue weighted by Crippen LogP contribution is -2.43. The van der Waals surface area contributed by atoms with E-state index >= 15 is 0 Å². The van der Waals surface area contributed by atoms with Crippen LogP contribution in [0.1, 0.15) is 11.1 Å². The molecule has 0 spiro atoms. The van der Waals surface area contributed by atoms with Gasteiger partial charge in [0.05, 0.1) is 0 Å². The highest BCUT2D eigenvalue weighted by molar-refractivity contribution is 5.49. The normalized spacial score (nSPS) is 16.0. The number of hydrogen-bond acceptors (Lipinski definition) is 3. The molecule has 0 unspecified atom stereocenters. The van der Waals surface area contributed by atoms with E-state index in [0.29, 0.717) is 0 Å². The molecule has 0 bridgehead atoms. The highest BCUT2D eigenvalue weighted by Crippen LogP contribution is 2.35. The maximum absolute atomic E-state index is 14.4. The van der Waals surface area contributed by atoms with Crippen molar-refractivity contribution < 1.29 is 8.78 Å². The molecule has 5 heteroatoms. The van der Waals surface area contributed by atoms with Crippen molar-refractivity contribution >= 4 is 5.69 Å². The van der Waals surface area contributed by atoms with Crippen LogP contribution in [0, 0.1) is 0 Å². The van der Waals surface area contributed by atoms with Crippen molar-refractivity contribution in [1.29, 1.82) is 0 Å². The van der Waals surface area contributed by atoms with Gasteiger partial charge in [0.2, 0.25) is 0 Å². The van der Waals surface area contributed by atoms with E-state index in [0.717, 1.165) is 31.9 Å². The summed E-state index contributed by atoms with van der Waals surface area (Å²) in [6, 6.07) is 9.47. The van der Waals surface area contributed by atoms with Gasteiger partial charge in [-0.25, -0.2) is 0 Å². The lowest BCUT2D eigenvalue weighted by molar-refractivity contribution is 0.0425. The zero-order valence-electron chi connectivity index (χ0n) is 11.6. The van der Waals surface area contributed by atoms with E-state index in [-0.39, 0.29) is 11.1 Å². The van der Waals surface area contributed by atoms with Gasteiger partial charge in [-0.15, -0.1) is 0 Å². The Balaban J connectivity index is 1.83. The molecule has 2 aromatic rings. The molecule has 1 saturated heterocycles. The minimum Gasteiger partial charge on any atom is -0.369 e. The van der Waals surface area contributed by atoms with Crippen LogP contribution >= 0.6 is 0 Å². The molecule has 0 saturated carbocycles. The number of piperazine rings is 1. The summed E-state index contributed by atoms with van der Waals surface area (Å²) in [5, 5.41) is 3.27. The second-order valence-electron chi connectivity index (χ2n) is 5.10. The van der Waals surface area contributed by atoms with Gasteiger partial charge in [-0.1, -0.05) is 12.1 Å². The number of benzene rings is 1. The van der Waals surface area contributed by atoms with E-state index in [1.807, 2.05) is 0 Å². The third-order valence-corrected chi connectivity index (χ3v) is 3.74. The predicted octanol–water partition coefficient (Wildman–Crippen LogP) is 2.63. The van der Waals surface area contributed by atoms with Crippen LogP contribution in [0.3, 0.4) is 0 Å². The number of hydrogen-bond donors (Lipinski definition) is 1. The van der Waals surface area contributed by atoms with Gasteiger partial charge in [0.25, 0.3) is 5.92 Å². The molecule has 1 aliphatic rings. The SMILES string of the molecule is FC(F)(c1ccc(N2CCNCC2)cc1)c1cccnc1. The topological polar surface area (TPSA) is 28.2 Å². The summed E-state index contributed by atoms with van der Waals surface area (Å²) in [5.41, 5.74) is 0.900. The number of pyridine rings is 1. The molecule has 1 aromatic carbocycles. The van der Waals surface area contributed by atoms with Gasteiger partial charge < -0.3 is 10.2 Å². The molecule has 0 aliphatic carbocycles. The van der Waals surface area contributed by atoms with Crippen molar-refractivity contribution in [3.8, 4) is 0 Å². The predicted molar refractivity (Wildman–Crippen MR) is 78.8 cm³/mol. The Morgan fingerprint density at radius 1 is 1.00 bits per heavy atom. The summed E-state index contributed by atoms with van der Waals surface area (Å²) in [7, 11) is 0. The van der Waals surface area contributed by atoms with Crippen molar-refractivity contribution in [2.45, 2.75) is 5.92 Å². The van der Waals surface area contributed by atoms with Crippen LogP contribution in [0.15, 0.2) is 48.8 Å². The molecule has 1 fully saturated rings. The first kappa shape index (κ1) is 13.9. The van der Waals surface area contributed by atoms with Gasteiger partial charge in [-0.3, -0.25) is 4.98 Å². The number of halogens is 2. The molecule has 3 nitrogen and oxygen atoms in total. The number of aromatic nitrogens is 1. The Morgan fingerprint density at radius 3 is 2.33 bits per heavy atom. The number of anilines is 1. The molecule has 2 heterocycles. The Labute approximate surface area is 122 Å². The zero-order chi connectivity index (χ0) is 14.7. The van der Waals surface area contributed by atoms with E-state index in [1.165, 1.54) is 36.7 Å². The summed E-state index contributed by atoms with van der Waals surface area (Å²) in [6.45, 7) is 3.65. The molecular weight excluding hydrogens is 272 g/mol. The number of rotatable bonds is 3. The summed E-state index contributed by atoms with van der Waals surface area (Å²) in [6.07, 6.45) is 2.71. The van der Waals surface area contributed by atoms with Crippen molar-refractivity contribution in [3.05, 3.63) is 59.9 Å². The van der Waals surface area contributed by atoms with Crippen LogP contribution in [-0.4, -0.2) is 31.2 Å². The Kier molecular flexibility index (Phi) is 3.84. The molecule has 3 rings (SSSR count). The van der Waals surface area contributed by atoms with Crippen LogP contribution in [0.25, 0.3) is 0 Å². The van der Waals surface area contributed by atoms with Gasteiger partial charge in [-0.05, 0) is 24.3 Å². The standard InChI is InChI=1S/C16H17F2N3/c17-16(18,14-2-1-7-20-12-14)13-3-5-15(6-4-13)21-10-8-19-9-11-21/h1-7,12,19H,8-11H2. The lowest BCUT2D eigenvalue weighted by Gasteiger charge is -2.29. The Morgan fingerprint density at radius 2 is 1.71 bits per heavy atom. The van der Waals surface area contributed by atoms with E-state index in [2.05, 4.69) is 15.2 Å². The van der Waals surface area contributed by atoms with Crippen molar-refractivity contribution in [2.24, 2.45) is 0 Å². The molecular formula is C16H17F2N3. The van der Waals surface area contributed by atoms with Crippen molar-refractivity contribution in [1.82, 2.24) is 10.3 Å².